The number of anilines is 1. The lowest BCUT2D eigenvalue weighted by atomic mass is 10.0. The topological polar surface area (TPSA) is 46.2 Å². The first-order valence-electron chi connectivity index (χ1n) is 9.37. The average molecular weight is 446 g/mol. The van der Waals surface area contributed by atoms with Crippen molar-refractivity contribution in [1.29, 1.82) is 0 Å². The fraction of sp³-hybridized carbons (Fsp3) is 0.217. The lowest BCUT2D eigenvalue weighted by molar-refractivity contribution is -0.113. The van der Waals surface area contributed by atoms with Crippen molar-refractivity contribution < 1.29 is 9.59 Å². The average Bonchev–Trinajstić information content (AvgIpc) is 3.15. The Morgan fingerprint density at radius 2 is 1.66 bits per heavy atom. The second kappa shape index (κ2) is 10.1. The van der Waals surface area contributed by atoms with E-state index in [1.165, 1.54) is 22.5 Å². The molecular weight excluding hydrogens is 425 g/mol. The van der Waals surface area contributed by atoms with Gasteiger partial charge in [0.05, 0.1) is 10.6 Å². The largest absolute Gasteiger partial charge is 0.316 e. The van der Waals surface area contributed by atoms with Gasteiger partial charge in [0.2, 0.25) is 5.91 Å². The quantitative estimate of drug-likeness (QED) is 0.333. The molecule has 3 aromatic rings. The molecule has 0 bridgehead atoms. The predicted molar refractivity (Wildman–Crippen MR) is 122 cm³/mol. The summed E-state index contributed by atoms with van der Waals surface area (Å²) in [5.74, 6) is -0.727. The van der Waals surface area contributed by atoms with Crippen LogP contribution in [0, 0.1) is 0 Å². The molecule has 0 aliphatic heterocycles. The van der Waals surface area contributed by atoms with E-state index in [-0.39, 0.29) is 17.6 Å². The number of aryl methyl sites for hydroxylation is 3. The number of amides is 1. The van der Waals surface area contributed by atoms with Gasteiger partial charge in [-0.15, -0.1) is 22.9 Å². The molecule has 150 valence electrons. The zero-order chi connectivity index (χ0) is 20.8. The maximum atomic E-state index is 13.1. The zero-order valence-corrected chi connectivity index (χ0v) is 18.3. The first-order chi connectivity index (χ1) is 14.0. The predicted octanol–water partition coefficient (Wildman–Crippen LogP) is 6.16. The first-order valence-corrected chi connectivity index (χ1v) is 11.1. The summed E-state index contributed by atoms with van der Waals surface area (Å²) in [6.45, 7) is 2.13. The van der Waals surface area contributed by atoms with Crippen LogP contribution in [0.2, 0.25) is 5.02 Å². The number of nitrogens with one attached hydrogen (secondary N) is 1. The molecule has 1 N–H and O–H groups in total. The summed E-state index contributed by atoms with van der Waals surface area (Å²) in [5.41, 5.74) is 3.40. The first kappa shape index (κ1) is 21.6. The maximum absolute atomic E-state index is 13.1. The van der Waals surface area contributed by atoms with E-state index in [2.05, 4.69) is 36.5 Å². The number of carbonyl (C=O) groups is 2. The van der Waals surface area contributed by atoms with Crippen LogP contribution < -0.4 is 5.32 Å². The summed E-state index contributed by atoms with van der Waals surface area (Å²) in [5, 5.41) is 3.64. The second-order valence-electron chi connectivity index (χ2n) is 6.62. The maximum Gasteiger partial charge on any atom is 0.239 e. The van der Waals surface area contributed by atoms with Crippen LogP contribution in [0.4, 0.5) is 5.00 Å². The number of hydrogen-bond acceptors (Lipinski definition) is 3. The van der Waals surface area contributed by atoms with Crippen molar-refractivity contribution >= 4 is 51.2 Å². The van der Waals surface area contributed by atoms with Crippen LogP contribution in [-0.2, 0) is 24.1 Å². The third-order valence-corrected chi connectivity index (χ3v) is 6.29. The second-order valence-corrected chi connectivity index (χ2v) is 8.43. The van der Waals surface area contributed by atoms with Crippen molar-refractivity contribution in [3.05, 3.63) is 86.8 Å². The third-order valence-electron chi connectivity index (χ3n) is 4.61. The minimum atomic E-state index is -0.344. The normalized spacial score (nSPS) is 10.7. The molecule has 0 fully saturated rings. The highest BCUT2D eigenvalue weighted by Gasteiger charge is 2.21. The summed E-state index contributed by atoms with van der Waals surface area (Å²) in [7, 11) is 0. The van der Waals surface area contributed by atoms with Gasteiger partial charge in [-0.1, -0.05) is 54.9 Å². The van der Waals surface area contributed by atoms with Crippen molar-refractivity contribution in [3.63, 3.8) is 0 Å². The molecule has 0 saturated carbocycles. The van der Waals surface area contributed by atoms with Crippen LogP contribution in [0.15, 0.2) is 54.6 Å². The number of alkyl halides is 1. The number of halogens is 2. The summed E-state index contributed by atoms with van der Waals surface area (Å²) in [6.07, 6.45) is 2.64. The summed E-state index contributed by atoms with van der Waals surface area (Å²) in [6, 6.07) is 17.3. The van der Waals surface area contributed by atoms with E-state index in [1.54, 1.807) is 24.3 Å². The van der Waals surface area contributed by atoms with E-state index in [0.29, 0.717) is 21.2 Å². The number of thiophene rings is 1. The molecule has 3 rings (SSSR count). The Hall–Kier alpha value is -2.14. The van der Waals surface area contributed by atoms with Gasteiger partial charge in [0, 0.05) is 10.4 Å². The molecule has 0 unspecified atom stereocenters. The van der Waals surface area contributed by atoms with Gasteiger partial charge in [0.25, 0.3) is 0 Å². The Morgan fingerprint density at radius 3 is 2.31 bits per heavy atom. The van der Waals surface area contributed by atoms with E-state index >= 15 is 0 Å². The summed E-state index contributed by atoms with van der Waals surface area (Å²) in [4.78, 5) is 25.9. The molecule has 0 aliphatic carbocycles. The van der Waals surface area contributed by atoms with Crippen molar-refractivity contribution in [2.45, 2.75) is 26.2 Å². The fourth-order valence-corrected chi connectivity index (χ4v) is 4.34. The number of carbonyl (C=O) groups excluding carboxylic acids is 2. The monoisotopic (exact) mass is 445 g/mol. The van der Waals surface area contributed by atoms with E-state index in [9.17, 15) is 9.59 Å². The molecule has 0 saturated heterocycles. The van der Waals surface area contributed by atoms with Gasteiger partial charge in [0.15, 0.2) is 5.78 Å². The molecule has 0 aliphatic rings. The standard InChI is InChI=1S/C23H21Cl2NO2S/c1-2-15-7-9-16(10-8-15)11-12-17-13-19(23(29-17)26-21(27)14-24)22(28)18-5-3-4-6-20(18)25/h3-10,13H,2,11-12,14H2,1H3,(H,26,27). The molecule has 1 heterocycles. The zero-order valence-electron chi connectivity index (χ0n) is 16.0. The van der Waals surface area contributed by atoms with Crippen LogP contribution in [0.5, 0.6) is 0 Å². The number of rotatable bonds is 8. The number of ketones is 1. The summed E-state index contributed by atoms with van der Waals surface area (Å²) >= 11 is 13.2. The number of hydrogen-bond donors (Lipinski definition) is 1. The van der Waals surface area contributed by atoms with Gasteiger partial charge in [0.1, 0.15) is 10.9 Å². The molecule has 1 amide bonds. The van der Waals surface area contributed by atoms with Crippen LogP contribution in [0.1, 0.15) is 38.8 Å². The van der Waals surface area contributed by atoms with Gasteiger partial charge < -0.3 is 5.32 Å². The molecule has 6 heteroatoms. The van der Waals surface area contributed by atoms with Gasteiger partial charge in [-0.25, -0.2) is 0 Å². The Labute approximate surface area is 184 Å². The lowest BCUT2D eigenvalue weighted by Gasteiger charge is -2.05. The lowest BCUT2D eigenvalue weighted by Crippen LogP contribution is -2.14. The highest BCUT2D eigenvalue weighted by molar-refractivity contribution is 7.16. The Morgan fingerprint density at radius 1 is 0.966 bits per heavy atom. The van der Waals surface area contributed by atoms with Crippen molar-refractivity contribution in [2.75, 3.05) is 11.2 Å². The van der Waals surface area contributed by atoms with Crippen molar-refractivity contribution in [3.8, 4) is 0 Å². The Kier molecular flexibility index (Phi) is 7.48. The molecule has 2 aromatic carbocycles. The highest BCUT2D eigenvalue weighted by Crippen LogP contribution is 2.32. The molecule has 0 spiro atoms. The molecule has 29 heavy (non-hydrogen) atoms. The van der Waals surface area contributed by atoms with Crippen LogP contribution in [0.3, 0.4) is 0 Å². The van der Waals surface area contributed by atoms with Crippen LogP contribution in [-0.4, -0.2) is 17.6 Å². The van der Waals surface area contributed by atoms with E-state index in [4.69, 9.17) is 23.2 Å². The van der Waals surface area contributed by atoms with E-state index < -0.39 is 0 Å². The molecule has 0 atom stereocenters. The molecule has 3 nitrogen and oxygen atoms in total. The highest BCUT2D eigenvalue weighted by atomic mass is 35.5. The fourth-order valence-electron chi connectivity index (χ4n) is 2.99. The summed E-state index contributed by atoms with van der Waals surface area (Å²) < 4.78 is 0. The minimum absolute atomic E-state index is 0.170. The minimum Gasteiger partial charge on any atom is -0.316 e. The molecule has 1 aromatic heterocycles. The van der Waals surface area contributed by atoms with Crippen LogP contribution in [0.25, 0.3) is 0 Å². The van der Waals surface area contributed by atoms with Gasteiger partial charge in [-0.2, -0.15) is 0 Å². The third kappa shape index (κ3) is 5.47. The smallest absolute Gasteiger partial charge is 0.239 e. The van der Waals surface area contributed by atoms with E-state index in [0.717, 1.165) is 24.1 Å². The molecular formula is C23H21Cl2NO2S. The van der Waals surface area contributed by atoms with Gasteiger partial charge in [-0.05, 0) is 48.6 Å². The molecule has 0 radical (unpaired) electrons. The van der Waals surface area contributed by atoms with Crippen molar-refractivity contribution in [1.82, 2.24) is 0 Å². The SMILES string of the molecule is CCc1ccc(CCc2cc(C(=O)c3ccccc3Cl)c(NC(=O)CCl)s2)cc1. The van der Waals surface area contributed by atoms with Gasteiger partial charge >= 0.3 is 0 Å². The Bertz CT molecular complexity index is 1010. The van der Waals surface area contributed by atoms with E-state index in [1.807, 2.05) is 6.07 Å². The Balaban J connectivity index is 1.84. The van der Waals surface area contributed by atoms with Crippen LogP contribution >= 0.6 is 34.5 Å². The van der Waals surface area contributed by atoms with Crippen molar-refractivity contribution in [2.24, 2.45) is 0 Å². The number of benzene rings is 2. The van der Waals surface area contributed by atoms with Gasteiger partial charge in [-0.3, -0.25) is 9.59 Å².